The molecule has 0 spiro atoms. The van der Waals surface area contributed by atoms with Gasteiger partial charge >= 0.3 is 5.97 Å². The van der Waals surface area contributed by atoms with Crippen molar-refractivity contribution in [2.45, 2.75) is 13.0 Å². The summed E-state index contributed by atoms with van der Waals surface area (Å²) < 4.78 is 16.6. The van der Waals surface area contributed by atoms with Crippen molar-refractivity contribution in [2.75, 3.05) is 14.2 Å². The number of hydrazone groups is 1. The molecular formula is C19H19BrN2O6. The van der Waals surface area contributed by atoms with Crippen molar-refractivity contribution >= 4 is 34.0 Å². The Labute approximate surface area is 170 Å². The minimum absolute atomic E-state index is 0.206. The summed E-state index contributed by atoms with van der Waals surface area (Å²) in [4.78, 5) is 23.5. The molecule has 8 nitrogen and oxygen atoms in total. The monoisotopic (exact) mass is 450 g/mol. The molecule has 2 N–H and O–H groups in total. The van der Waals surface area contributed by atoms with Crippen LogP contribution in [0.2, 0.25) is 0 Å². The van der Waals surface area contributed by atoms with Gasteiger partial charge in [-0.3, -0.25) is 4.79 Å². The zero-order valence-corrected chi connectivity index (χ0v) is 17.0. The maximum Gasteiger partial charge on any atom is 0.344 e. The molecule has 0 saturated carbocycles. The smallest absolute Gasteiger partial charge is 0.344 e. The lowest BCUT2D eigenvalue weighted by Gasteiger charge is -2.15. The highest BCUT2D eigenvalue weighted by Gasteiger charge is 2.18. The topological polar surface area (TPSA) is 106 Å². The molecule has 1 amide bonds. The zero-order valence-electron chi connectivity index (χ0n) is 15.4. The predicted molar refractivity (Wildman–Crippen MR) is 106 cm³/mol. The highest BCUT2D eigenvalue weighted by atomic mass is 79.9. The van der Waals surface area contributed by atoms with E-state index in [0.717, 1.165) is 0 Å². The third-order valence-electron chi connectivity index (χ3n) is 3.65. The van der Waals surface area contributed by atoms with Crippen LogP contribution in [-0.4, -0.2) is 43.5 Å². The number of carbonyl (C=O) groups is 2. The van der Waals surface area contributed by atoms with Gasteiger partial charge in [0.15, 0.2) is 17.6 Å². The lowest BCUT2D eigenvalue weighted by Crippen LogP contribution is -2.24. The van der Waals surface area contributed by atoms with E-state index < -0.39 is 18.0 Å². The van der Waals surface area contributed by atoms with Gasteiger partial charge in [0.1, 0.15) is 5.75 Å². The van der Waals surface area contributed by atoms with Crippen molar-refractivity contribution in [3.8, 4) is 17.2 Å². The van der Waals surface area contributed by atoms with Crippen LogP contribution in [0.1, 0.15) is 22.8 Å². The van der Waals surface area contributed by atoms with E-state index in [-0.39, 0.29) is 5.75 Å². The Balaban J connectivity index is 2.23. The number of ether oxygens (including phenoxy) is 3. The minimum atomic E-state index is -1.12. The van der Waals surface area contributed by atoms with Gasteiger partial charge in [0.05, 0.1) is 26.0 Å². The lowest BCUT2D eigenvalue weighted by molar-refractivity contribution is -0.144. The van der Waals surface area contributed by atoms with Gasteiger partial charge in [0, 0.05) is 10.0 Å². The number of hydrogen-bond acceptors (Lipinski definition) is 6. The average Bonchev–Trinajstić information content (AvgIpc) is 2.68. The molecule has 2 aromatic carbocycles. The molecule has 0 aromatic heterocycles. The maximum atomic E-state index is 12.4. The summed E-state index contributed by atoms with van der Waals surface area (Å²) in [6.07, 6.45) is 0.249. The molecule has 2 rings (SSSR count). The van der Waals surface area contributed by atoms with Crippen molar-refractivity contribution in [3.63, 3.8) is 0 Å². The van der Waals surface area contributed by atoms with Crippen molar-refractivity contribution in [1.82, 2.24) is 5.43 Å². The Bertz CT molecular complexity index is 900. The number of rotatable bonds is 8. The summed E-state index contributed by atoms with van der Waals surface area (Å²) in [5.74, 6) is -0.644. The number of nitrogens with zero attached hydrogens (tertiary/aromatic N) is 1. The summed E-state index contributed by atoms with van der Waals surface area (Å²) in [5, 5.41) is 13.0. The highest BCUT2D eigenvalue weighted by molar-refractivity contribution is 9.10. The SMILES string of the molecule is COc1ccc(Br)cc1C(=O)N/N=C\c1cccc(OC)c1O[C@@H](C)C(=O)O. The van der Waals surface area contributed by atoms with Gasteiger partial charge in [0.25, 0.3) is 5.91 Å². The van der Waals surface area contributed by atoms with Gasteiger partial charge in [-0.15, -0.1) is 0 Å². The Morgan fingerprint density at radius 1 is 1.18 bits per heavy atom. The molecule has 9 heteroatoms. The van der Waals surface area contributed by atoms with Gasteiger partial charge < -0.3 is 19.3 Å². The molecular weight excluding hydrogens is 432 g/mol. The van der Waals surface area contributed by atoms with Gasteiger partial charge in [-0.1, -0.05) is 22.0 Å². The minimum Gasteiger partial charge on any atom is -0.496 e. The van der Waals surface area contributed by atoms with Crippen molar-refractivity contribution in [2.24, 2.45) is 5.10 Å². The average molecular weight is 451 g/mol. The van der Waals surface area contributed by atoms with Crippen LogP contribution in [0.5, 0.6) is 17.2 Å². The first kappa shape index (κ1) is 21.2. The number of aliphatic carboxylic acids is 1. The number of para-hydroxylation sites is 1. The van der Waals surface area contributed by atoms with E-state index in [1.54, 1.807) is 36.4 Å². The fourth-order valence-corrected chi connectivity index (χ4v) is 2.59. The van der Waals surface area contributed by atoms with Crippen LogP contribution < -0.4 is 19.6 Å². The maximum absolute atomic E-state index is 12.4. The van der Waals surface area contributed by atoms with Crippen molar-refractivity contribution in [1.29, 1.82) is 0 Å². The van der Waals surface area contributed by atoms with E-state index in [9.17, 15) is 9.59 Å². The molecule has 1 atom stereocenters. The van der Waals surface area contributed by atoms with E-state index in [0.29, 0.717) is 27.1 Å². The van der Waals surface area contributed by atoms with Crippen LogP contribution in [0, 0.1) is 0 Å². The number of carboxylic acid groups (broad SMARTS) is 1. The first-order valence-corrected chi connectivity index (χ1v) is 8.90. The summed E-state index contributed by atoms with van der Waals surface area (Å²) in [6.45, 7) is 1.40. The quantitative estimate of drug-likeness (QED) is 0.472. The zero-order chi connectivity index (χ0) is 20.7. The van der Waals surface area contributed by atoms with Crippen LogP contribution in [0.4, 0.5) is 0 Å². The second-order valence-electron chi connectivity index (χ2n) is 5.52. The molecule has 0 saturated heterocycles. The van der Waals surface area contributed by atoms with Crippen molar-refractivity contribution < 1.29 is 28.9 Å². The number of benzene rings is 2. The van der Waals surface area contributed by atoms with E-state index in [1.165, 1.54) is 27.4 Å². The molecule has 28 heavy (non-hydrogen) atoms. The number of nitrogens with one attached hydrogen (secondary N) is 1. The number of carboxylic acids is 1. The summed E-state index contributed by atoms with van der Waals surface area (Å²) in [6, 6.07) is 10.00. The summed E-state index contributed by atoms with van der Waals surface area (Å²) in [7, 11) is 2.91. The fraction of sp³-hybridized carbons (Fsp3) is 0.211. The number of halogens is 1. The van der Waals surface area contributed by atoms with E-state index >= 15 is 0 Å². The molecule has 2 aromatic rings. The van der Waals surface area contributed by atoms with Gasteiger partial charge in [-0.25, -0.2) is 10.2 Å². The molecule has 148 valence electrons. The molecule has 0 aliphatic heterocycles. The van der Waals surface area contributed by atoms with Crippen LogP contribution in [0.3, 0.4) is 0 Å². The molecule has 0 unspecified atom stereocenters. The third-order valence-corrected chi connectivity index (χ3v) is 4.14. The van der Waals surface area contributed by atoms with Gasteiger partial charge in [0.2, 0.25) is 0 Å². The number of carbonyl (C=O) groups excluding carboxylic acids is 1. The molecule has 0 fully saturated rings. The predicted octanol–water partition coefficient (Wildman–Crippen LogP) is 3.08. The summed E-state index contributed by atoms with van der Waals surface area (Å²) >= 11 is 3.31. The van der Waals surface area contributed by atoms with Gasteiger partial charge in [-0.05, 0) is 37.3 Å². The number of amides is 1. The largest absolute Gasteiger partial charge is 0.496 e. The van der Waals surface area contributed by atoms with E-state index in [4.69, 9.17) is 19.3 Å². The van der Waals surface area contributed by atoms with Crippen LogP contribution >= 0.6 is 15.9 Å². The summed E-state index contributed by atoms with van der Waals surface area (Å²) in [5.41, 5.74) is 3.15. The van der Waals surface area contributed by atoms with Crippen LogP contribution in [0.15, 0.2) is 46.0 Å². The molecule has 0 bridgehead atoms. The van der Waals surface area contributed by atoms with Crippen molar-refractivity contribution in [3.05, 3.63) is 52.0 Å². The van der Waals surface area contributed by atoms with Gasteiger partial charge in [-0.2, -0.15) is 5.10 Å². The normalized spacial score (nSPS) is 11.7. The Hall–Kier alpha value is -3.07. The standard InChI is InChI=1S/C19H19BrN2O6/c1-11(19(24)25)28-17-12(5-4-6-16(17)27-3)10-21-22-18(23)14-9-13(20)7-8-15(14)26-2/h4-11H,1-3H3,(H,22,23)(H,24,25)/b21-10-/t11-/m0/s1. The first-order valence-electron chi connectivity index (χ1n) is 8.10. The number of methoxy groups -OCH3 is 2. The third kappa shape index (κ3) is 5.23. The van der Waals surface area contributed by atoms with E-state index in [2.05, 4.69) is 26.5 Å². The second-order valence-corrected chi connectivity index (χ2v) is 6.44. The van der Waals surface area contributed by atoms with Crippen LogP contribution in [0.25, 0.3) is 0 Å². The molecule has 0 heterocycles. The van der Waals surface area contributed by atoms with Crippen LogP contribution in [-0.2, 0) is 4.79 Å². The Morgan fingerprint density at radius 3 is 2.54 bits per heavy atom. The fourth-order valence-electron chi connectivity index (χ4n) is 2.23. The number of hydrogen-bond donors (Lipinski definition) is 2. The van der Waals surface area contributed by atoms with E-state index in [1.807, 2.05) is 0 Å². The Morgan fingerprint density at radius 2 is 1.89 bits per heavy atom. The first-order chi connectivity index (χ1) is 13.4. The molecule has 0 aliphatic rings. The Kier molecular flexibility index (Phi) is 7.39. The molecule has 0 aliphatic carbocycles. The second kappa shape index (κ2) is 9.75. The highest BCUT2D eigenvalue weighted by Crippen LogP contribution is 2.31. The lowest BCUT2D eigenvalue weighted by atomic mass is 10.2. The molecule has 0 radical (unpaired) electrons.